The lowest BCUT2D eigenvalue weighted by Gasteiger charge is -2.29. The van der Waals surface area contributed by atoms with Crippen LogP contribution in [0.1, 0.15) is 24.9 Å². The molecule has 1 fully saturated rings. The standard InChI is InChI=1S/C17H17F3N2O2/c1-2-24-14-6-5-11-9-13(4-3-12(11)10-14)16(17(18,19)20)22-8-7-15(23)21-22/h3-6,9-10,16H,2,7-8H2,1H3,(H,21,23). The molecule has 1 N–H and O–H groups in total. The number of carbonyl (C=O) groups excluding carboxylic acids is 1. The van der Waals surface area contributed by atoms with E-state index in [0.29, 0.717) is 17.7 Å². The van der Waals surface area contributed by atoms with Gasteiger partial charge in [-0.3, -0.25) is 10.2 Å². The largest absolute Gasteiger partial charge is 0.494 e. The van der Waals surface area contributed by atoms with Crippen LogP contribution in [-0.4, -0.2) is 30.2 Å². The second-order valence-corrected chi connectivity index (χ2v) is 5.62. The number of carbonyl (C=O) groups is 1. The quantitative estimate of drug-likeness (QED) is 0.926. The molecule has 1 aliphatic heterocycles. The van der Waals surface area contributed by atoms with Crippen LogP contribution < -0.4 is 10.2 Å². The molecule has 128 valence electrons. The number of nitrogens with zero attached hydrogens (tertiary/aromatic N) is 1. The third-order valence-corrected chi connectivity index (χ3v) is 3.93. The molecule has 1 amide bonds. The number of amides is 1. The van der Waals surface area contributed by atoms with Crippen molar-refractivity contribution in [3.05, 3.63) is 42.0 Å². The zero-order valence-electron chi connectivity index (χ0n) is 13.1. The van der Waals surface area contributed by atoms with Crippen molar-refractivity contribution >= 4 is 16.7 Å². The molecule has 0 aliphatic carbocycles. The van der Waals surface area contributed by atoms with Gasteiger partial charge in [-0.2, -0.15) is 13.2 Å². The van der Waals surface area contributed by atoms with E-state index in [4.69, 9.17) is 4.74 Å². The van der Waals surface area contributed by atoms with E-state index < -0.39 is 18.1 Å². The lowest BCUT2D eigenvalue weighted by Crippen LogP contribution is -2.43. The number of benzene rings is 2. The summed E-state index contributed by atoms with van der Waals surface area (Å²) in [5, 5.41) is 2.45. The Morgan fingerprint density at radius 3 is 2.54 bits per heavy atom. The number of hydrogen-bond acceptors (Lipinski definition) is 3. The van der Waals surface area contributed by atoms with Crippen LogP contribution in [0.25, 0.3) is 10.8 Å². The molecule has 0 spiro atoms. The van der Waals surface area contributed by atoms with Crippen molar-refractivity contribution < 1.29 is 22.7 Å². The average molecular weight is 338 g/mol. The monoisotopic (exact) mass is 338 g/mol. The highest BCUT2D eigenvalue weighted by Crippen LogP contribution is 2.39. The Morgan fingerprint density at radius 2 is 1.92 bits per heavy atom. The van der Waals surface area contributed by atoms with Crippen molar-refractivity contribution in [1.82, 2.24) is 10.4 Å². The van der Waals surface area contributed by atoms with E-state index in [-0.39, 0.29) is 18.5 Å². The van der Waals surface area contributed by atoms with E-state index in [1.165, 1.54) is 12.1 Å². The third kappa shape index (κ3) is 3.31. The van der Waals surface area contributed by atoms with Crippen LogP contribution in [-0.2, 0) is 4.79 Å². The molecule has 2 aromatic carbocycles. The molecule has 7 heteroatoms. The fourth-order valence-corrected chi connectivity index (χ4v) is 2.90. The molecule has 2 aromatic rings. The highest BCUT2D eigenvalue weighted by Gasteiger charge is 2.46. The number of alkyl halides is 3. The van der Waals surface area contributed by atoms with Crippen molar-refractivity contribution in [2.24, 2.45) is 0 Å². The summed E-state index contributed by atoms with van der Waals surface area (Å²) in [4.78, 5) is 11.3. The number of nitrogens with one attached hydrogen (secondary N) is 1. The van der Waals surface area contributed by atoms with E-state index in [1.54, 1.807) is 24.3 Å². The first kappa shape index (κ1) is 16.6. The Hall–Kier alpha value is -2.28. The summed E-state index contributed by atoms with van der Waals surface area (Å²) in [7, 11) is 0. The molecule has 1 saturated heterocycles. The molecule has 1 atom stereocenters. The maximum atomic E-state index is 13.5. The van der Waals surface area contributed by atoms with Crippen LogP contribution in [0.5, 0.6) is 5.75 Å². The minimum Gasteiger partial charge on any atom is -0.494 e. The zero-order chi connectivity index (χ0) is 17.3. The summed E-state index contributed by atoms with van der Waals surface area (Å²) in [6.07, 6.45) is -4.42. The fourth-order valence-electron chi connectivity index (χ4n) is 2.90. The van der Waals surface area contributed by atoms with Gasteiger partial charge in [-0.15, -0.1) is 0 Å². The SMILES string of the molecule is CCOc1ccc2cc(C(N3CCC(=O)N3)C(F)(F)F)ccc2c1. The number of ether oxygens (including phenoxy) is 1. The minimum atomic E-state index is -4.49. The fraction of sp³-hybridized carbons (Fsp3) is 0.353. The van der Waals surface area contributed by atoms with Crippen LogP contribution in [0.3, 0.4) is 0 Å². The summed E-state index contributed by atoms with van der Waals surface area (Å²) in [6.45, 7) is 2.42. The highest BCUT2D eigenvalue weighted by molar-refractivity contribution is 5.84. The van der Waals surface area contributed by atoms with E-state index in [9.17, 15) is 18.0 Å². The first-order chi connectivity index (χ1) is 11.4. The number of hydrogen-bond donors (Lipinski definition) is 1. The van der Waals surface area contributed by atoms with Gasteiger partial charge in [0.1, 0.15) is 11.8 Å². The number of hydrazine groups is 1. The van der Waals surface area contributed by atoms with Gasteiger partial charge in [0.15, 0.2) is 0 Å². The minimum absolute atomic E-state index is 0.0321. The molecule has 1 unspecified atom stereocenters. The Kier molecular flexibility index (Phi) is 4.36. The Labute approximate surface area is 137 Å². The molecule has 0 aromatic heterocycles. The molecule has 24 heavy (non-hydrogen) atoms. The lowest BCUT2D eigenvalue weighted by molar-refractivity contribution is -0.191. The predicted molar refractivity (Wildman–Crippen MR) is 83.4 cm³/mol. The normalized spacial score (nSPS) is 17.1. The highest BCUT2D eigenvalue weighted by atomic mass is 19.4. The van der Waals surface area contributed by atoms with Gasteiger partial charge in [0.2, 0.25) is 5.91 Å². The topological polar surface area (TPSA) is 41.6 Å². The maximum Gasteiger partial charge on any atom is 0.409 e. The Bertz CT molecular complexity index is 761. The smallest absolute Gasteiger partial charge is 0.409 e. The number of fused-ring (bicyclic) bond motifs is 1. The van der Waals surface area contributed by atoms with Crippen LogP contribution in [0.15, 0.2) is 36.4 Å². The van der Waals surface area contributed by atoms with E-state index in [2.05, 4.69) is 5.43 Å². The van der Waals surface area contributed by atoms with Gasteiger partial charge in [-0.1, -0.05) is 18.2 Å². The van der Waals surface area contributed by atoms with Crippen LogP contribution in [0.2, 0.25) is 0 Å². The third-order valence-electron chi connectivity index (χ3n) is 3.93. The molecule has 4 nitrogen and oxygen atoms in total. The summed E-state index contributed by atoms with van der Waals surface area (Å²) >= 11 is 0. The Balaban J connectivity index is 1.98. The Morgan fingerprint density at radius 1 is 1.21 bits per heavy atom. The summed E-state index contributed by atoms with van der Waals surface area (Å²) in [5.74, 6) is 0.281. The second kappa shape index (κ2) is 6.32. The molecular formula is C17H17F3N2O2. The molecular weight excluding hydrogens is 321 g/mol. The van der Waals surface area contributed by atoms with E-state index >= 15 is 0 Å². The summed E-state index contributed by atoms with van der Waals surface area (Å²) in [5.41, 5.74) is 2.39. The second-order valence-electron chi connectivity index (χ2n) is 5.62. The van der Waals surface area contributed by atoms with Crippen molar-refractivity contribution in [3.8, 4) is 5.75 Å². The van der Waals surface area contributed by atoms with Gasteiger partial charge >= 0.3 is 6.18 Å². The van der Waals surface area contributed by atoms with E-state index in [0.717, 1.165) is 10.4 Å². The maximum absolute atomic E-state index is 13.5. The molecule has 0 bridgehead atoms. The van der Waals surface area contributed by atoms with Crippen LogP contribution >= 0.6 is 0 Å². The van der Waals surface area contributed by atoms with Gasteiger partial charge in [-0.25, -0.2) is 5.01 Å². The van der Waals surface area contributed by atoms with Crippen molar-refractivity contribution in [2.75, 3.05) is 13.2 Å². The lowest BCUT2D eigenvalue weighted by atomic mass is 10.0. The van der Waals surface area contributed by atoms with Crippen LogP contribution in [0.4, 0.5) is 13.2 Å². The molecule has 3 rings (SSSR count). The summed E-state index contributed by atoms with van der Waals surface area (Å²) < 4.78 is 46.0. The zero-order valence-corrected chi connectivity index (χ0v) is 13.1. The molecule has 1 aliphatic rings. The average Bonchev–Trinajstić information content (AvgIpc) is 2.92. The van der Waals surface area contributed by atoms with Crippen molar-refractivity contribution in [3.63, 3.8) is 0 Å². The number of rotatable bonds is 4. The van der Waals surface area contributed by atoms with Gasteiger partial charge in [0.05, 0.1) is 6.61 Å². The number of halogens is 3. The van der Waals surface area contributed by atoms with Crippen molar-refractivity contribution in [2.45, 2.75) is 25.6 Å². The molecule has 1 heterocycles. The molecule has 0 saturated carbocycles. The van der Waals surface area contributed by atoms with Gasteiger partial charge in [0, 0.05) is 13.0 Å². The van der Waals surface area contributed by atoms with Crippen LogP contribution in [0, 0.1) is 0 Å². The first-order valence-electron chi connectivity index (χ1n) is 7.68. The molecule has 0 radical (unpaired) electrons. The van der Waals surface area contributed by atoms with Gasteiger partial charge < -0.3 is 4.74 Å². The first-order valence-corrected chi connectivity index (χ1v) is 7.68. The van der Waals surface area contributed by atoms with E-state index in [1.807, 2.05) is 6.92 Å². The predicted octanol–water partition coefficient (Wildman–Crippen LogP) is 3.58. The van der Waals surface area contributed by atoms with Gasteiger partial charge in [-0.05, 0) is 41.5 Å². The summed E-state index contributed by atoms with van der Waals surface area (Å²) in [6, 6.07) is 8.00. The van der Waals surface area contributed by atoms with Crippen molar-refractivity contribution in [1.29, 1.82) is 0 Å². The van der Waals surface area contributed by atoms with Gasteiger partial charge in [0.25, 0.3) is 0 Å².